The average molecular weight is 245 g/mol. The van der Waals surface area contributed by atoms with Crippen LogP contribution in [0, 0.1) is 12.7 Å². The van der Waals surface area contributed by atoms with Gasteiger partial charge in [-0.25, -0.2) is 12.8 Å². The van der Waals surface area contributed by atoms with E-state index in [0.717, 1.165) is 5.56 Å². The maximum absolute atomic E-state index is 13.3. The number of sulfone groups is 1. The molecule has 0 heterocycles. The summed E-state index contributed by atoms with van der Waals surface area (Å²) in [6.07, 6.45) is 1.18. The van der Waals surface area contributed by atoms with Crippen LogP contribution >= 0.6 is 0 Å². The van der Waals surface area contributed by atoms with Crippen molar-refractivity contribution in [3.05, 3.63) is 35.1 Å². The normalized spacial score (nSPS) is 11.7. The highest BCUT2D eigenvalue weighted by Gasteiger charge is 2.03. The lowest BCUT2D eigenvalue weighted by molar-refractivity contribution is 0.585. The zero-order valence-corrected chi connectivity index (χ0v) is 10.3. The summed E-state index contributed by atoms with van der Waals surface area (Å²) in [5.41, 5.74) is 1.55. The van der Waals surface area contributed by atoms with Crippen LogP contribution in [0.25, 0.3) is 0 Å². The van der Waals surface area contributed by atoms with Crippen LogP contribution in [0.2, 0.25) is 0 Å². The van der Waals surface area contributed by atoms with Crippen molar-refractivity contribution in [3.63, 3.8) is 0 Å². The van der Waals surface area contributed by atoms with Crippen LogP contribution < -0.4 is 5.32 Å². The molecule has 0 spiro atoms. The SMILES string of the molecule is Cc1ccc(F)c(CNCCS(C)(=O)=O)c1. The molecule has 0 amide bonds. The number of aryl methyl sites for hydroxylation is 1. The van der Waals surface area contributed by atoms with Crippen LogP contribution in [-0.4, -0.2) is 27.0 Å². The summed E-state index contributed by atoms with van der Waals surface area (Å²) in [7, 11) is -2.95. The minimum absolute atomic E-state index is 0.0699. The Balaban J connectivity index is 2.46. The zero-order valence-electron chi connectivity index (χ0n) is 9.46. The Morgan fingerprint density at radius 1 is 1.38 bits per heavy atom. The average Bonchev–Trinajstić information content (AvgIpc) is 2.16. The van der Waals surface area contributed by atoms with Gasteiger partial charge < -0.3 is 5.32 Å². The van der Waals surface area contributed by atoms with Gasteiger partial charge in [0.15, 0.2) is 0 Å². The van der Waals surface area contributed by atoms with Crippen molar-refractivity contribution in [3.8, 4) is 0 Å². The minimum atomic E-state index is -2.95. The Hall–Kier alpha value is -0.940. The molecule has 5 heteroatoms. The molecule has 0 aliphatic heterocycles. The van der Waals surface area contributed by atoms with Gasteiger partial charge in [-0.05, 0) is 13.0 Å². The molecule has 0 unspecified atom stereocenters. The van der Waals surface area contributed by atoms with Crippen molar-refractivity contribution in [2.24, 2.45) is 0 Å². The highest BCUT2D eigenvalue weighted by molar-refractivity contribution is 7.90. The summed E-state index contributed by atoms with van der Waals surface area (Å²) in [5.74, 6) is -0.196. The monoisotopic (exact) mass is 245 g/mol. The molecule has 0 aliphatic carbocycles. The lowest BCUT2D eigenvalue weighted by Crippen LogP contribution is -2.22. The summed E-state index contributed by atoms with van der Waals surface area (Å²) in [6, 6.07) is 4.88. The first-order valence-corrected chi connectivity index (χ1v) is 7.08. The van der Waals surface area contributed by atoms with E-state index in [2.05, 4.69) is 5.32 Å². The minimum Gasteiger partial charge on any atom is -0.312 e. The summed E-state index contributed by atoms with van der Waals surface area (Å²) in [6.45, 7) is 2.58. The van der Waals surface area contributed by atoms with E-state index in [1.807, 2.05) is 6.92 Å². The Labute approximate surface area is 95.6 Å². The van der Waals surface area contributed by atoms with E-state index >= 15 is 0 Å². The van der Waals surface area contributed by atoms with Crippen molar-refractivity contribution in [1.82, 2.24) is 5.32 Å². The van der Waals surface area contributed by atoms with Crippen LogP contribution in [0.5, 0.6) is 0 Å². The highest BCUT2D eigenvalue weighted by Crippen LogP contribution is 2.09. The van der Waals surface area contributed by atoms with Gasteiger partial charge in [-0.3, -0.25) is 0 Å². The standard InChI is InChI=1S/C11H16FNO2S/c1-9-3-4-11(12)10(7-9)8-13-5-6-16(2,14)15/h3-4,7,13H,5-6,8H2,1-2H3. The lowest BCUT2D eigenvalue weighted by Gasteiger charge is -2.06. The molecule has 0 aliphatic rings. The van der Waals surface area contributed by atoms with Gasteiger partial charge >= 0.3 is 0 Å². The topological polar surface area (TPSA) is 46.2 Å². The van der Waals surface area contributed by atoms with E-state index in [0.29, 0.717) is 18.7 Å². The quantitative estimate of drug-likeness (QED) is 0.795. The van der Waals surface area contributed by atoms with E-state index in [-0.39, 0.29) is 11.6 Å². The molecule has 0 bridgehead atoms. The van der Waals surface area contributed by atoms with Gasteiger partial charge in [0.05, 0.1) is 5.75 Å². The molecule has 3 nitrogen and oxygen atoms in total. The Kier molecular flexibility index (Phi) is 4.44. The first-order chi connectivity index (χ1) is 7.38. The second-order valence-corrected chi connectivity index (χ2v) is 6.16. The van der Waals surface area contributed by atoms with Crippen molar-refractivity contribution in [1.29, 1.82) is 0 Å². The second-order valence-electron chi connectivity index (χ2n) is 3.90. The molecule has 16 heavy (non-hydrogen) atoms. The van der Waals surface area contributed by atoms with Gasteiger partial charge in [0, 0.05) is 24.9 Å². The third-order valence-electron chi connectivity index (χ3n) is 2.17. The van der Waals surface area contributed by atoms with Crippen molar-refractivity contribution in [2.75, 3.05) is 18.6 Å². The van der Waals surface area contributed by atoms with E-state index < -0.39 is 9.84 Å². The lowest BCUT2D eigenvalue weighted by atomic mass is 10.1. The Morgan fingerprint density at radius 3 is 2.69 bits per heavy atom. The first-order valence-electron chi connectivity index (χ1n) is 5.02. The molecule has 1 rings (SSSR count). The predicted octanol–water partition coefficient (Wildman–Crippen LogP) is 1.27. The summed E-state index contributed by atoms with van der Waals surface area (Å²) < 4.78 is 35.0. The zero-order chi connectivity index (χ0) is 12.2. The molecule has 1 aromatic rings. The largest absolute Gasteiger partial charge is 0.312 e. The Morgan fingerprint density at radius 2 is 2.06 bits per heavy atom. The molecule has 0 saturated heterocycles. The number of rotatable bonds is 5. The van der Waals surface area contributed by atoms with Crippen molar-refractivity contribution >= 4 is 9.84 Å². The molecule has 0 fully saturated rings. The molecule has 0 saturated carbocycles. The van der Waals surface area contributed by atoms with E-state index in [9.17, 15) is 12.8 Å². The number of halogens is 1. The van der Waals surface area contributed by atoms with Crippen LogP contribution in [0.15, 0.2) is 18.2 Å². The van der Waals surface area contributed by atoms with Crippen LogP contribution in [0.1, 0.15) is 11.1 Å². The van der Waals surface area contributed by atoms with Crippen LogP contribution in [-0.2, 0) is 16.4 Å². The van der Waals surface area contributed by atoms with Crippen LogP contribution in [0.3, 0.4) is 0 Å². The highest BCUT2D eigenvalue weighted by atomic mass is 32.2. The summed E-state index contributed by atoms with van der Waals surface area (Å²) >= 11 is 0. The van der Waals surface area contributed by atoms with Gasteiger partial charge in [0.2, 0.25) is 0 Å². The number of hydrogen-bond acceptors (Lipinski definition) is 3. The number of hydrogen-bond donors (Lipinski definition) is 1. The molecular weight excluding hydrogens is 229 g/mol. The molecule has 0 atom stereocenters. The molecular formula is C11H16FNO2S. The van der Waals surface area contributed by atoms with E-state index in [4.69, 9.17) is 0 Å². The van der Waals surface area contributed by atoms with Crippen molar-refractivity contribution < 1.29 is 12.8 Å². The third kappa shape index (κ3) is 4.72. The van der Waals surface area contributed by atoms with Crippen LogP contribution in [0.4, 0.5) is 4.39 Å². The number of benzene rings is 1. The fourth-order valence-electron chi connectivity index (χ4n) is 1.32. The fraction of sp³-hybridized carbons (Fsp3) is 0.455. The summed E-state index contributed by atoms with van der Waals surface area (Å²) in [4.78, 5) is 0. The number of nitrogens with one attached hydrogen (secondary N) is 1. The first kappa shape index (κ1) is 13.1. The molecule has 1 N–H and O–H groups in total. The van der Waals surface area contributed by atoms with Gasteiger partial charge in [0.1, 0.15) is 15.7 Å². The fourth-order valence-corrected chi connectivity index (χ4v) is 1.83. The molecule has 1 aromatic carbocycles. The smallest absolute Gasteiger partial charge is 0.148 e. The van der Waals surface area contributed by atoms with E-state index in [1.54, 1.807) is 12.1 Å². The second kappa shape index (κ2) is 5.41. The maximum Gasteiger partial charge on any atom is 0.148 e. The summed E-state index contributed by atoms with van der Waals surface area (Å²) in [5, 5.41) is 2.91. The van der Waals surface area contributed by atoms with E-state index in [1.165, 1.54) is 12.3 Å². The maximum atomic E-state index is 13.3. The van der Waals surface area contributed by atoms with Gasteiger partial charge in [0.25, 0.3) is 0 Å². The molecule has 0 aromatic heterocycles. The van der Waals surface area contributed by atoms with Gasteiger partial charge in [-0.1, -0.05) is 17.7 Å². The van der Waals surface area contributed by atoms with Gasteiger partial charge in [-0.2, -0.15) is 0 Å². The molecule has 0 radical (unpaired) electrons. The Bertz CT molecular complexity index is 457. The molecule has 90 valence electrons. The van der Waals surface area contributed by atoms with Crippen molar-refractivity contribution in [2.45, 2.75) is 13.5 Å². The predicted molar refractivity (Wildman–Crippen MR) is 62.6 cm³/mol. The third-order valence-corrected chi connectivity index (χ3v) is 3.11. The van der Waals surface area contributed by atoms with Gasteiger partial charge in [-0.15, -0.1) is 0 Å².